The summed E-state index contributed by atoms with van der Waals surface area (Å²) in [5.74, 6) is 0.0433. The molecule has 0 fully saturated rings. The highest BCUT2D eigenvalue weighted by atomic mass is 32.1. The minimum absolute atomic E-state index is 0.218. The number of carbonyl (C=O) groups is 2. The lowest BCUT2D eigenvalue weighted by Gasteiger charge is -2.25. The summed E-state index contributed by atoms with van der Waals surface area (Å²) in [4.78, 5) is 47.2. The predicted octanol–water partition coefficient (Wildman–Crippen LogP) is 2.33. The van der Waals surface area contributed by atoms with Crippen LogP contribution >= 0.6 is 11.3 Å². The van der Waals surface area contributed by atoms with Gasteiger partial charge in [0.25, 0.3) is 11.5 Å². The molecule has 38 heavy (non-hydrogen) atoms. The maximum absolute atomic E-state index is 14.1. The summed E-state index contributed by atoms with van der Waals surface area (Å²) in [5.41, 5.74) is 2.48. The molecule has 1 aromatic heterocycles. The van der Waals surface area contributed by atoms with Crippen LogP contribution in [0, 0.1) is 0 Å². The second-order valence-electron chi connectivity index (χ2n) is 8.60. The number of hydrogen-bond acceptors (Lipinski definition) is 8. The summed E-state index contributed by atoms with van der Waals surface area (Å²) in [7, 11) is 4.32. The van der Waals surface area contributed by atoms with Crippen molar-refractivity contribution >= 4 is 34.5 Å². The summed E-state index contributed by atoms with van der Waals surface area (Å²) < 4.78 is 17.6. The molecule has 0 saturated carbocycles. The van der Waals surface area contributed by atoms with Gasteiger partial charge in [-0.3, -0.25) is 14.2 Å². The van der Waals surface area contributed by atoms with Crippen LogP contribution in [-0.4, -0.2) is 44.3 Å². The second-order valence-corrected chi connectivity index (χ2v) is 9.58. The normalized spacial score (nSPS) is 17.5. The number of fused-ring (bicyclic) bond motifs is 2. The first-order valence-corrected chi connectivity index (χ1v) is 12.5. The van der Waals surface area contributed by atoms with Crippen molar-refractivity contribution in [2.45, 2.75) is 13.0 Å². The molecule has 10 heteroatoms. The Balaban J connectivity index is 1.83. The van der Waals surface area contributed by atoms with E-state index in [4.69, 9.17) is 14.2 Å². The second kappa shape index (κ2) is 9.79. The first kappa shape index (κ1) is 25.2. The van der Waals surface area contributed by atoms with Gasteiger partial charge in [0.15, 0.2) is 16.3 Å². The first-order chi connectivity index (χ1) is 18.4. The molecule has 0 radical (unpaired) electrons. The van der Waals surface area contributed by atoms with Crippen LogP contribution in [0.5, 0.6) is 11.5 Å². The van der Waals surface area contributed by atoms with Gasteiger partial charge in [-0.05, 0) is 30.7 Å². The number of nitrogens with zero attached hydrogens (tertiary/aromatic N) is 3. The van der Waals surface area contributed by atoms with Crippen molar-refractivity contribution in [3.8, 4) is 11.5 Å². The molecule has 0 aliphatic carbocycles. The summed E-state index contributed by atoms with van der Waals surface area (Å²) in [6, 6.07) is 11.7. The van der Waals surface area contributed by atoms with E-state index in [9.17, 15) is 14.4 Å². The number of thiazole rings is 1. The minimum atomic E-state index is -0.858. The fraction of sp³-hybridized carbons (Fsp3) is 0.214. The molecule has 0 N–H and O–H groups in total. The number of ether oxygens (including phenoxy) is 3. The lowest BCUT2D eigenvalue weighted by atomic mass is 9.95. The molecule has 3 aromatic rings. The van der Waals surface area contributed by atoms with E-state index >= 15 is 0 Å². The van der Waals surface area contributed by atoms with Gasteiger partial charge in [-0.15, -0.1) is 6.58 Å². The molecule has 3 heterocycles. The third-order valence-electron chi connectivity index (χ3n) is 6.59. The number of anilines is 1. The quantitative estimate of drug-likeness (QED) is 0.358. The van der Waals surface area contributed by atoms with Crippen LogP contribution in [0.3, 0.4) is 0 Å². The first-order valence-electron chi connectivity index (χ1n) is 11.7. The average Bonchev–Trinajstić information content (AvgIpc) is 3.39. The molecule has 0 bridgehead atoms. The third-order valence-corrected chi connectivity index (χ3v) is 7.64. The number of carbonyl (C=O) groups excluding carboxylic acids is 2. The number of hydrogen-bond donors (Lipinski definition) is 0. The van der Waals surface area contributed by atoms with Crippen molar-refractivity contribution in [1.29, 1.82) is 0 Å². The van der Waals surface area contributed by atoms with Gasteiger partial charge in [-0.2, -0.15) is 0 Å². The van der Waals surface area contributed by atoms with Crippen molar-refractivity contribution in [2.24, 2.45) is 4.99 Å². The van der Waals surface area contributed by atoms with Gasteiger partial charge in [0.1, 0.15) is 4.53 Å². The standard InChI is InChI=1S/C28H25N3O6S/c1-6-13-30-18-10-8-7-9-17(18)22(25(30)32)24-26(33)31-23(16-11-12-19(35-3)20(14-16)36-4)21(27(34)37-5)15(2)29-28(31)38-24/h6-12,14,23H,1,13H2,2-5H3/b24-22-. The van der Waals surface area contributed by atoms with Crippen molar-refractivity contribution in [3.63, 3.8) is 0 Å². The van der Waals surface area contributed by atoms with Crippen LogP contribution in [0.25, 0.3) is 5.57 Å². The molecule has 2 aliphatic heterocycles. The number of rotatable bonds is 6. The van der Waals surface area contributed by atoms with Crippen LogP contribution < -0.4 is 29.3 Å². The topological polar surface area (TPSA) is 99.4 Å². The summed E-state index contributed by atoms with van der Waals surface area (Å²) >= 11 is 1.12. The number of methoxy groups -OCH3 is 3. The van der Waals surface area contributed by atoms with E-state index in [0.717, 1.165) is 11.3 Å². The van der Waals surface area contributed by atoms with Crippen molar-refractivity contribution in [3.05, 3.63) is 97.2 Å². The monoisotopic (exact) mass is 531 g/mol. The minimum Gasteiger partial charge on any atom is -0.493 e. The molecule has 194 valence electrons. The Bertz CT molecular complexity index is 1710. The zero-order valence-electron chi connectivity index (χ0n) is 21.3. The molecule has 1 unspecified atom stereocenters. The highest BCUT2D eigenvalue weighted by Crippen LogP contribution is 2.37. The predicted molar refractivity (Wildman–Crippen MR) is 143 cm³/mol. The Hall–Kier alpha value is -4.44. The number of esters is 1. The number of benzene rings is 2. The van der Waals surface area contributed by atoms with Crippen LogP contribution in [0.15, 0.2) is 76.2 Å². The van der Waals surface area contributed by atoms with Gasteiger partial charge < -0.3 is 19.1 Å². The Labute approximate surface area is 222 Å². The molecule has 1 amide bonds. The summed E-state index contributed by atoms with van der Waals surface area (Å²) in [5, 5.41) is 0. The Morgan fingerprint density at radius 2 is 1.84 bits per heavy atom. The van der Waals surface area contributed by atoms with Crippen LogP contribution in [0.1, 0.15) is 24.1 Å². The molecular weight excluding hydrogens is 506 g/mol. The Morgan fingerprint density at radius 3 is 2.53 bits per heavy atom. The molecule has 1 atom stereocenters. The summed E-state index contributed by atoms with van der Waals surface area (Å²) in [6.07, 6.45) is 1.64. The van der Waals surface area contributed by atoms with E-state index in [1.165, 1.54) is 25.9 Å². The van der Waals surface area contributed by atoms with Crippen LogP contribution in [0.4, 0.5) is 5.69 Å². The largest absolute Gasteiger partial charge is 0.493 e. The van der Waals surface area contributed by atoms with Crippen molar-refractivity contribution < 1.29 is 23.8 Å². The third kappa shape index (κ3) is 3.76. The van der Waals surface area contributed by atoms with Gasteiger partial charge in [-0.1, -0.05) is 41.7 Å². The summed E-state index contributed by atoms with van der Waals surface area (Å²) in [6.45, 7) is 5.76. The van der Waals surface area contributed by atoms with E-state index in [0.29, 0.717) is 50.9 Å². The Morgan fingerprint density at radius 1 is 1.11 bits per heavy atom. The van der Waals surface area contributed by atoms with Crippen molar-refractivity contribution in [2.75, 3.05) is 32.8 Å². The maximum atomic E-state index is 14.1. The van der Waals surface area contributed by atoms with Gasteiger partial charge >= 0.3 is 5.97 Å². The number of para-hydroxylation sites is 1. The van der Waals surface area contributed by atoms with Gasteiger partial charge in [0, 0.05) is 12.1 Å². The molecule has 2 aromatic carbocycles. The average molecular weight is 532 g/mol. The molecule has 0 spiro atoms. The van der Waals surface area contributed by atoms with Gasteiger partial charge in [0.2, 0.25) is 0 Å². The van der Waals surface area contributed by atoms with E-state index in [-0.39, 0.29) is 16.0 Å². The maximum Gasteiger partial charge on any atom is 0.338 e. The fourth-order valence-electron chi connectivity index (χ4n) is 4.89. The van der Waals surface area contributed by atoms with E-state index in [1.807, 2.05) is 24.3 Å². The van der Waals surface area contributed by atoms with Crippen LogP contribution in [-0.2, 0) is 14.3 Å². The molecule has 9 nitrogen and oxygen atoms in total. The van der Waals surface area contributed by atoms with Gasteiger partial charge in [0.05, 0.1) is 49.9 Å². The Kier molecular flexibility index (Phi) is 6.50. The molecule has 5 rings (SSSR count). The lowest BCUT2D eigenvalue weighted by Crippen LogP contribution is -2.40. The molecular formula is C28H25N3O6S. The van der Waals surface area contributed by atoms with Gasteiger partial charge in [-0.25, -0.2) is 9.79 Å². The van der Waals surface area contributed by atoms with E-state index in [2.05, 4.69) is 11.6 Å². The van der Waals surface area contributed by atoms with E-state index < -0.39 is 17.6 Å². The SMILES string of the molecule is C=CCN1C(=O)/C(=c2\sc3n(c2=O)C(c2ccc(OC)c(OC)c2)C(C(=O)OC)=C(C)N=3)c2ccccc21. The molecule has 2 aliphatic rings. The number of aromatic nitrogens is 1. The smallest absolute Gasteiger partial charge is 0.338 e. The highest BCUT2D eigenvalue weighted by Gasteiger charge is 2.37. The number of allylic oxidation sites excluding steroid dienone is 1. The fourth-order valence-corrected chi connectivity index (χ4v) is 6.03. The lowest BCUT2D eigenvalue weighted by molar-refractivity contribution is -0.136. The van der Waals surface area contributed by atoms with Crippen molar-refractivity contribution in [1.82, 2.24) is 4.57 Å². The zero-order valence-corrected chi connectivity index (χ0v) is 22.1. The van der Waals surface area contributed by atoms with Crippen LogP contribution in [0.2, 0.25) is 0 Å². The zero-order chi connectivity index (χ0) is 27.1. The molecule has 0 saturated heterocycles. The van der Waals surface area contributed by atoms with E-state index in [1.54, 1.807) is 36.1 Å². The number of amides is 1. The highest BCUT2D eigenvalue weighted by molar-refractivity contribution is 7.07.